The minimum atomic E-state index is 0. The monoisotopic (exact) mass is 1140 g/mol. The SMILES string of the molecule is [Pt].[Pt].[c-]1nccn1-c1cccc2c1[n-]c1c(-n3[c-][n+](-c4ccccc4)cc3)cccc12.[c-]1nccn1-c1cccc2c1[n-]c1c(-n3[c-][n+](-c4ccccc4)cc3)cccc12. The molecule has 0 fully saturated rings. The van der Waals surface area contributed by atoms with Crippen LogP contribution in [0.25, 0.3) is 77.7 Å². The summed E-state index contributed by atoms with van der Waals surface area (Å²) >= 11 is 0. The zero-order chi connectivity index (χ0) is 38.4. The Morgan fingerprint density at radius 1 is 0.383 bits per heavy atom. The molecule has 12 aromatic rings. The molecule has 0 aliphatic heterocycles. The molecular formula is C48H30N10Pt2-4. The van der Waals surface area contributed by atoms with Crippen molar-refractivity contribution in [1.29, 1.82) is 0 Å². The van der Waals surface area contributed by atoms with Crippen LogP contribution in [0.15, 0.2) is 183 Å². The van der Waals surface area contributed by atoms with Crippen LogP contribution >= 0.6 is 0 Å². The Labute approximate surface area is 373 Å². The summed E-state index contributed by atoms with van der Waals surface area (Å²) in [6, 6.07) is 45.2. The van der Waals surface area contributed by atoms with Crippen molar-refractivity contribution in [1.82, 2.24) is 38.2 Å². The molecule has 6 heterocycles. The molecule has 0 saturated carbocycles. The average molecular weight is 1140 g/mol. The maximum atomic E-state index is 5.01. The number of imidazole rings is 4. The smallest absolute Gasteiger partial charge is 0.268 e. The Bertz CT molecular complexity index is 3120. The first-order valence-corrected chi connectivity index (χ1v) is 18.7. The molecular weight excluding hydrogens is 1110 g/mol. The molecule has 60 heavy (non-hydrogen) atoms. The van der Waals surface area contributed by atoms with Crippen molar-refractivity contribution in [3.63, 3.8) is 0 Å². The molecule has 12 heteroatoms. The summed E-state index contributed by atoms with van der Waals surface area (Å²) in [5, 5.41) is 4.47. The molecule has 10 nitrogen and oxygen atoms in total. The van der Waals surface area contributed by atoms with Gasteiger partial charge in [-0.05, 0) is 57.2 Å². The van der Waals surface area contributed by atoms with E-state index in [0.29, 0.717) is 0 Å². The van der Waals surface area contributed by atoms with Crippen molar-refractivity contribution >= 4 is 43.6 Å². The van der Waals surface area contributed by atoms with Crippen LogP contribution in [0.4, 0.5) is 0 Å². The normalized spacial score (nSPS) is 11.1. The molecule has 296 valence electrons. The zero-order valence-electron chi connectivity index (χ0n) is 31.4. The van der Waals surface area contributed by atoms with Gasteiger partial charge in [0, 0.05) is 79.6 Å². The van der Waals surface area contributed by atoms with E-state index in [0.717, 1.165) is 77.7 Å². The minimum absolute atomic E-state index is 0. The summed E-state index contributed by atoms with van der Waals surface area (Å²) in [4.78, 5) is 18.1. The summed E-state index contributed by atoms with van der Waals surface area (Å²) in [7, 11) is 0. The van der Waals surface area contributed by atoms with Crippen molar-refractivity contribution in [2.24, 2.45) is 0 Å². The molecule has 0 bridgehead atoms. The van der Waals surface area contributed by atoms with Crippen LogP contribution in [-0.4, -0.2) is 28.2 Å². The van der Waals surface area contributed by atoms with Gasteiger partial charge in [0.15, 0.2) is 0 Å². The second kappa shape index (κ2) is 16.4. The molecule has 6 aromatic carbocycles. The van der Waals surface area contributed by atoms with Crippen molar-refractivity contribution < 1.29 is 51.3 Å². The largest absolute Gasteiger partial charge is 0.666 e. The zero-order valence-corrected chi connectivity index (χ0v) is 36.0. The summed E-state index contributed by atoms with van der Waals surface area (Å²) in [6.45, 7) is 0. The number of benzene rings is 6. The number of aromatic nitrogens is 10. The van der Waals surface area contributed by atoms with Crippen LogP contribution in [0.2, 0.25) is 0 Å². The summed E-state index contributed by atoms with van der Waals surface area (Å²) in [5.41, 5.74) is 9.83. The summed E-state index contributed by atoms with van der Waals surface area (Å²) in [6.07, 6.45) is 28.0. The Morgan fingerprint density at radius 3 is 1.07 bits per heavy atom. The molecule has 0 saturated heterocycles. The minimum Gasteiger partial charge on any atom is -0.666 e. The Balaban J connectivity index is 0.000000149. The molecule has 0 unspecified atom stereocenters. The molecule has 12 rings (SSSR count). The van der Waals surface area contributed by atoms with Crippen LogP contribution in [-0.2, 0) is 42.1 Å². The van der Waals surface area contributed by atoms with Gasteiger partial charge in [-0.25, -0.2) is 0 Å². The fourth-order valence-electron chi connectivity index (χ4n) is 7.56. The molecule has 0 atom stereocenters. The van der Waals surface area contributed by atoms with Gasteiger partial charge in [-0.2, -0.15) is 0 Å². The quantitative estimate of drug-likeness (QED) is 0.127. The molecule has 0 spiro atoms. The molecule has 0 radical (unpaired) electrons. The van der Waals surface area contributed by atoms with E-state index in [1.807, 2.05) is 125 Å². The second-order valence-corrected chi connectivity index (χ2v) is 13.7. The van der Waals surface area contributed by atoms with Crippen LogP contribution < -0.4 is 19.1 Å². The Hall–Kier alpha value is -6.86. The first kappa shape index (κ1) is 38.6. The Morgan fingerprint density at radius 2 is 0.733 bits per heavy atom. The third-order valence-electron chi connectivity index (χ3n) is 10.3. The third kappa shape index (κ3) is 6.83. The number of hydrogen-bond donors (Lipinski definition) is 0. The van der Waals surface area contributed by atoms with Gasteiger partial charge >= 0.3 is 0 Å². The van der Waals surface area contributed by atoms with E-state index in [2.05, 4.69) is 108 Å². The number of para-hydroxylation sites is 6. The van der Waals surface area contributed by atoms with Crippen molar-refractivity contribution in [3.05, 3.63) is 208 Å². The van der Waals surface area contributed by atoms with Gasteiger partial charge in [-0.1, -0.05) is 134 Å². The van der Waals surface area contributed by atoms with E-state index in [1.54, 1.807) is 12.4 Å². The fraction of sp³-hybridized carbons (Fsp3) is 0. The number of hydrogen-bond acceptors (Lipinski definition) is 2. The molecule has 0 N–H and O–H groups in total. The topological polar surface area (TPSA) is 81.5 Å². The molecule has 0 aliphatic rings. The van der Waals surface area contributed by atoms with Crippen molar-refractivity contribution in [2.45, 2.75) is 0 Å². The first-order chi connectivity index (χ1) is 28.8. The van der Waals surface area contributed by atoms with E-state index in [9.17, 15) is 0 Å². The van der Waals surface area contributed by atoms with Crippen molar-refractivity contribution in [3.8, 4) is 34.1 Å². The van der Waals surface area contributed by atoms with Gasteiger partial charge in [0.05, 0.1) is 22.7 Å². The van der Waals surface area contributed by atoms with Crippen LogP contribution in [0.3, 0.4) is 0 Å². The van der Waals surface area contributed by atoms with Gasteiger partial charge in [0.1, 0.15) is 0 Å². The van der Waals surface area contributed by atoms with E-state index in [1.165, 1.54) is 0 Å². The first-order valence-electron chi connectivity index (χ1n) is 18.7. The standard InChI is InChI=1S/2C24H15N5.2Pt/c2*1-2-6-18(7-3-1)28-14-15-29(17-28)22-11-5-9-20-19-8-4-10-21(23(19)26-24(20)22)27-13-12-25-16-27;;/h2*1-15H;;/q2*-2;;. The molecule has 0 aliphatic carbocycles. The third-order valence-corrected chi connectivity index (χ3v) is 10.3. The second-order valence-electron chi connectivity index (χ2n) is 13.7. The maximum Gasteiger partial charge on any atom is 0.268 e. The van der Waals surface area contributed by atoms with Gasteiger partial charge in [-0.15, -0.1) is 22.1 Å². The van der Waals surface area contributed by atoms with E-state index >= 15 is 0 Å². The van der Waals surface area contributed by atoms with Gasteiger partial charge < -0.3 is 29.1 Å². The Kier molecular flexibility index (Phi) is 10.6. The average Bonchev–Trinajstić information content (AvgIpc) is 4.15. The van der Waals surface area contributed by atoms with E-state index < -0.39 is 0 Å². The molecule has 6 aromatic heterocycles. The van der Waals surface area contributed by atoms with Gasteiger partial charge in [-0.3, -0.25) is 18.3 Å². The van der Waals surface area contributed by atoms with Gasteiger partial charge in [0.2, 0.25) is 0 Å². The van der Waals surface area contributed by atoms with Crippen molar-refractivity contribution in [2.75, 3.05) is 0 Å². The fourth-order valence-corrected chi connectivity index (χ4v) is 7.56. The van der Waals surface area contributed by atoms with Crippen LogP contribution in [0.1, 0.15) is 0 Å². The van der Waals surface area contributed by atoms with Crippen LogP contribution in [0.5, 0.6) is 0 Å². The molecule has 0 amide bonds. The number of fused-ring (bicyclic) bond motifs is 6. The summed E-state index contributed by atoms with van der Waals surface area (Å²) < 4.78 is 11.7. The predicted molar refractivity (Wildman–Crippen MR) is 221 cm³/mol. The summed E-state index contributed by atoms with van der Waals surface area (Å²) in [5.74, 6) is 0. The number of rotatable bonds is 6. The van der Waals surface area contributed by atoms with E-state index in [4.69, 9.17) is 9.97 Å². The van der Waals surface area contributed by atoms with Crippen LogP contribution in [0, 0.1) is 25.3 Å². The predicted octanol–water partition coefficient (Wildman–Crippen LogP) is 7.60. The van der Waals surface area contributed by atoms with Gasteiger partial charge in [0.25, 0.3) is 12.7 Å². The maximum absolute atomic E-state index is 5.01. The number of nitrogens with zero attached hydrogens (tertiary/aromatic N) is 10. The van der Waals surface area contributed by atoms with E-state index in [-0.39, 0.29) is 42.1 Å².